The number of hydrogen-bond donors (Lipinski definition) is 0. The van der Waals surface area contributed by atoms with Gasteiger partial charge in [-0.3, -0.25) is 4.48 Å². The molecular weight excluding hydrogens is 236 g/mol. The van der Waals surface area contributed by atoms with Gasteiger partial charge < -0.3 is 14.2 Å². The molecule has 0 unspecified atom stereocenters. The van der Waals surface area contributed by atoms with Gasteiger partial charge in [0.2, 0.25) is 0 Å². The van der Waals surface area contributed by atoms with Gasteiger partial charge in [-0.2, -0.15) is 0 Å². The van der Waals surface area contributed by atoms with Crippen LogP contribution in [0.5, 0.6) is 12.0 Å². The fraction of sp³-hybridized carbons (Fsp3) is 0.727. The molecule has 1 aromatic heterocycles. The highest BCUT2D eigenvalue weighted by atomic mass is 16.5. The van der Waals surface area contributed by atoms with E-state index in [0.717, 1.165) is 13.1 Å². The summed E-state index contributed by atoms with van der Waals surface area (Å²) in [4.78, 5) is 12.6. The molecule has 0 spiro atoms. The monoisotopic (exact) mass is 257 g/mol. The predicted octanol–water partition coefficient (Wildman–Crippen LogP) is 0.492. The molecule has 0 amide bonds. The van der Waals surface area contributed by atoms with Gasteiger partial charge in [0.1, 0.15) is 13.1 Å². The molecule has 0 atom stereocenters. The van der Waals surface area contributed by atoms with Crippen molar-refractivity contribution in [1.29, 1.82) is 0 Å². The van der Waals surface area contributed by atoms with E-state index in [4.69, 9.17) is 14.2 Å². The average Bonchev–Trinajstić information content (AvgIpc) is 2.39. The van der Waals surface area contributed by atoms with Gasteiger partial charge in [-0.15, -0.1) is 15.0 Å². The number of methoxy groups -OCH3 is 2. The van der Waals surface area contributed by atoms with Gasteiger partial charge in [-0.1, -0.05) is 7.43 Å². The van der Waals surface area contributed by atoms with Crippen molar-refractivity contribution in [1.82, 2.24) is 19.4 Å². The Hall–Kier alpha value is -1.47. The molecule has 18 heavy (non-hydrogen) atoms. The van der Waals surface area contributed by atoms with E-state index in [1.807, 2.05) is 0 Å². The highest BCUT2D eigenvalue weighted by Crippen LogP contribution is 2.22. The topological polar surface area (TPSA) is 66.4 Å². The largest absolute Gasteiger partial charge is 0.466 e. The predicted molar refractivity (Wildman–Crippen MR) is 67.9 cm³/mol. The molecule has 7 heteroatoms. The Bertz CT molecular complexity index is 372. The van der Waals surface area contributed by atoms with Gasteiger partial charge >= 0.3 is 18.0 Å². The Balaban J connectivity index is 0.00000162. The summed E-state index contributed by atoms with van der Waals surface area (Å²) in [6.45, 7) is 3.06. The second kappa shape index (κ2) is 5.92. The quantitative estimate of drug-likeness (QED) is 0.734. The van der Waals surface area contributed by atoms with Crippen molar-refractivity contribution < 1.29 is 14.2 Å². The van der Waals surface area contributed by atoms with Crippen LogP contribution in [-0.2, 0) is 4.74 Å². The lowest BCUT2D eigenvalue weighted by atomic mass is 10.4. The first kappa shape index (κ1) is 14.6. The van der Waals surface area contributed by atoms with Crippen LogP contribution in [0.15, 0.2) is 0 Å². The van der Waals surface area contributed by atoms with Gasteiger partial charge in [-0.05, 0) is 0 Å². The zero-order chi connectivity index (χ0) is 12.3. The highest BCUT2D eigenvalue weighted by Gasteiger charge is 2.32. The summed E-state index contributed by atoms with van der Waals surface area (Å²) in [6, 6.07) is 0.551. The van der Waals surface area contributed by atoms with Crippen LogP contribution in [0.1, 0.15) is 7.43 Å². The number of likely N-dealkylation sites (N-methyl/N-ethyl adjacent to an activating group) is 1. The minimum atomic E-state index is 0. The summed E-state index contributed by atoms with van der Waals surface area (Å²) >= 11 is 0. The smallest absolute Gasteiger partial charge is 0.338 e. The van der Waals surface area contributed by atoms with Gasteiger partial charge in [-0.25, -0.2) is 0 Å². The number of ether oxygens (including phenoxy) is 3. The third-order valence-electron chi connectivity index (χ3n) is 2.89. The summed E-state index contributed by atoms with van der Waals surface area (Å²) in [6.07, 6.45) is 0. The lowest BCUT2D eigenvalue weighted by molar-refractivity contribution is 0.0489. The molecule has 0 bridgehead atoms. The molecule has 1 aromatic rings. The maximum atomic E-state index is 5.35. The Morgan fingerprint density at radius 1 is 1.00 bits per heavy atom. The summed E-state index contributed by atoms with van der Waals surface area (Å²) < 4.78 is 16.1. The molecule has 1 aliphatic rings. The third-order valence-corrected chi connectivity index (χ3v) is 2.89. The summed E-state index contributed by atoms with van der Waals surface area (Å²) in [5.41, 5.74) is 0. The molecule has 1 aliphatic heterocycles. The fourth-order valence-corrected chi connectivity index (χ4v) is 1.70. The first-order chi connectivity index (χ1) is 8.18. The van der Waals surface area contributed by atoms with Crippen LogP contribution < -0.4 is 14.0 Å². The number of rotatable bonds is 3. The Morgan fingerprint density at radius 2 is 1.50 bits per heavy atom. The number of morpholine rings is 1. The van der Waals surface area contributed by atoms with Crippen molar-refractivity contribution in [3.05, 3.63) is 0 Å². The molecule has 102 valence electrons. The van der Waals surface area contributed by atoms with E-state index in [0.29, 0.717) is 23.6 Å². The van der Waals surface area contributed by atoms with Crippen molar-refractivity contribution in [2.45, 2.75) is 7.43 Å². The Morgan fingerprint density at radius 3 is 1.94 bits per heavy atom. The fourth-order valence-electron chi connectivity index (χ4n) is 1.70. The number of nitrogens with zero attached hydrogens (tertiary/aromatic N) is 4. The van der Waals surface area contributed by atoms with Crippen molar-refractivity contribution in [2.24, 2.45) is 0 Å². The van der Waals surface area contributed by atoms with E-state index in [-0.39, 0.29) is 19.4 Å². The molecule has 1 fully saturated rings. The van der Waals surface area contributed by atoms with E-state index >= 15 is 0 Å². The highest BCUT2D eigenvalue weighted by molar-refractivity contribution is 5.27. The maximum absolute atomic E-state index is 5.35. The van der Waals surface area contributed by atoms with Gasteiger partial charge in [0, 0.05) is 0 Å². The maximum Gasteiger partial charge on any atom is 0.338 e. The molecule has 0 saturated carbocycles. The summed E-state index contributed by atoms with van der Waals surface area (Å²) in [5.74, 6) is 0.650. The average molecular weight is 257 g/mol. The first-order valence-corrected chi connectivity index (χ1v) is 5.45. The molecule has 2 heterocycles. The van der Waals surface area contributed by atoms with Crippen molar-refractivity contribution in [2.75, 3.05) is 47.6 Å². The van der Waals surface area contributed by atoms with Crippen molar-refractivity contribution in [3.8, 4) is 12.0 Å². The summed E-state index contributed by atoms with van der Waals surface area (Å²) in [7, 11) is 5.12. The minimum absolute atomic E-state index is 0. The van der Waals surface area contributed by atoms with Crippen LogP contribution in [0.3, 0.4) is 0 Å². The normalized spacial score (nSPS) is 17.7. The lowest BCUT2D eigenvalue weighted by Crippen LogP contribution is -2.54. The van der Waals surface area contributed by atoms with Crippen LogP contribution in [0.2, 0.25) is 0 Å². The third kappa shape index (κ3) is 2.85. The Kier molecular flexibility index (Phi) is 4.80. The SMILES string of the molecule is C.COc1nc(OC)nc([N+]2(C)CCOCC2)n1. The van der Waals surface area contributed by atoms with E-state index in [2.05, 4.69) is 22.0 Å². The molecule has 0 aromatic carbocycles. The minimum Gasteiger partial charge on any atom is -0.466 e. The van der Waals surface area contributed by atoms with Gasteiger partial charge in [0.05, 0.1) is 34.5 Å². The second-order valence-corrected chi connectivity index (χ2v) is 4.06. The zero-order valence-corrected chi connectivity index (χ0v) is 10.3. The molecule has 1 saturated heterocycles. The molecular formula is C11H21N4O3+. The first-order valence-electron chi connectivity index (χ1n) is 5.45. The standard InChI is InChI=1S/C10H17N4O3.CH4/c1-14(4-6-17-7-5-14)8-11-9(15-2)13-10(12-8)16-3;/h4-7H2,1-3H3;1H4/q+1;. The van der Waals surface area contributed by atoms with Crippen LogP contribution >= 0.6 is 0 Å². The number of quaternary nitrogens is 1. The zero-order valence-electron chi connectivity index (χ0n) is 10.3. The summed E-state index contributed by atoms with van der Waals surface area (Å²) in [5, 5.41) is 0. The molecule has 0 aliphatic carbocycles. The second-order valence-electron chi connectivity index (χ2n) is 4.06. The van der Waals surface area contributed by atoms with Gasteiger partial charge in [0.15, 0.2) is 0 Å². The van der Waals surface area contributed by atoms with Crippen molar-refractivity contribution in [3.63, 3.8) is 0 Å². The van der Waals surface area contributed by atoms with Crippen LogP contribution in [0.25, 0.3) is 0 Å². The molecule has 0 N–H and O–H groups in total. The number of aromatic nitrogens is 3. The van der Waals surface area contributed by atoms with Gasteiger partial charge in [0.25, 0.3) is 0 Å². The van der Waals surface area contributed by atoms with E-state index < -0.39 is 0 Å². The number of hydrogen-bond acceptors (Lipinski definition) is 6. The molecule has 2 rings (SSSR count). The van der Waals surface area contributed by atoms with Crippen LogP contribution in [-0.4, -0.2) is 62.5 Å². The van der Waals surface area contributed by atoms with Crippen molar-refractivity contribution >= 4 is 5.95 Å². The van der Waals surface area contributed by atoms with E-state index in [1.54, 1.807) is 0 Å². The van der Waals surface area contributed by atoms with Crippen LogP contribution in [0.4, 0.5) is 5.95 Å². The van der Waals surface area contributed by atoms with Crippen LogP contribution in [0, 0.1) is 0 Å². The van der Waals surface area contributed by atoms with E-state index in [1.165, 1.54) is 14.2 Å². The van der Waals surface area contributed by atoms with E-state index in [9.17, 15) is 0 Å². The Labute approximate surface area is 107 Å². The molecule has 0 radical (unpaired) electrons. The lowest BCUT2D eigenvalue weighted by Gasteiger charge is -2.34. The molecule has 7 nitrogen and oxygen atoms in total.